The number of nitrogens with zero attached hydrogens (tertiary/aromatic N) is 4. The van der Waals surface area contributed by atoms with Gasteiger partial charge in [0.1, 0.15) is 35.2 Å². The summed E-state index contributed by atoms with van der Waals surface area (Å²) in [5.41, 5.74) is -5.02. The highest BCUT2D eigenvalue weighted by Crippen LogP contribution is 2.46. The number of pyridine rings is 1. The summed E-state index contributed by atoms with van der Waals surface area (Å²) in [5.74, 6) is -6.36. The molecule has 0 aliphatic carbocycles. The van der Waals surface area contributed by atoms with Gasteiger partial charge in [-0.25, -0.2) is 8.78 Å². The molecule has 2 aromatic carbocycles. The van der Waals surface area contributed by atoms with Gasteiger partial charge in [0.2, 0.25) is 0 Å². The highest BCUT2D eigenvalue weighted by atomic mass is 32.1. The van der Waals surface area contributed by atoms with Crippen LogP contribution in [0.25, 0.3) is 0 Å². The van der Waals surface area contributed by atoms with E-state index in [0.29, 0.717) is 28.1 Å². The van der Waals surface area contributed by atoms with Crippen molar-refractivity contribution in [2.24, 2.45) is 0 Å². The summed E-state index contributed by atoms with van der Waals surface area (Å²) in [6, 6.07) is 11.8. The average molecular weight is 487 g/mol. The van der Waals surface area contributed by atoms with E-state index in [9.17, 15) is 13.9 Å². The zero-order valence-corrected chi connectivity index (χ0v) is 17.7. The number of halogens is 4. The topological polar surface area (TPSA) is 99.7 Å². The van der Waals surface area contributed by atoms with E-state index in [1.54, 1.807) is 0 Å². The van der Waals surface area contributed by atoms with Crippen LogP contribution in [0.3, 0.4) is 0 Å². The van der Waals surface area contributed by atoms with E-state index >= 15 is 8.78 Å². The molecule has 0 aliphatic heterocycles. The van der Waals surface area contributed by atoms with Gasteiger partial charge >= 0.3 is 5.92 Å². The summed E-state index contributed by atoms with van der Waals surface area (Å²) in [5, 5.41) is 23.7. The molecule has 2 aromatic heterocycles. The molecule has 0 fully saturated rings. The van der Waals surface area contributed by atoms with Crippen LogP contribution in [0, 0.1) is 27.7 Å². The van der Waals surface area contributed by atoms with E-state index in [1.807, 2.05) is 6.07 Å². The van der Waals surface area contributed by atoms with E-state index in [4.69, 9.17) is 22.2 Å². The Balaban J connectivity index is 1.75. The number of aliphatic hydroxyl groups is 1. The Kier molecular flexibility index (Phi) is 5.90. The fourth-order valence-electron chi connectivity index (χ4n) is 3.21. The molecule has 4 rings (SSSR count). The van der Waals surface area contributed by atoms with E-state index < -0.39 is 39.3 Å². The zero-order valence-electron chi connectivity index (χ0n) is 16.9. The molecule has 172 valence electrons. The number of hydrogen-bond donors (Lipinski definition) is 2. The number of benzene rings is 2. The number of nitrogens with one attached hydrogen (secondary N) is 1. The van der Waals surface area contributed by atoms with Crippen molar-refractivity contribution in [3.8, 4) is 17.6 Å². The highest BCUT2D eigenvalue weighted by Gasteiger charge is 2.60. The van der Waals surface area contributed by atoms with Gasteiger partial charge in [0.25, 0.3) is 5.72 Å². The molecule has 2 heterocycles. The Hall–Kier alpha value is -4.08. The Morgan fingerprint density at radius 1 is 1.06 bits per heavy atom. The Bertz CT molecular complexity index is 1430. The predicted molar refractivity (Wildman–Crippen MR) is 112 cm³/mol. The first kappa shape index (κ1) is 23.1. The largest absolute Gasteiger partial charge is 0.456 e. The van der Waals surface area contributed by atoms with Crippen molar-refractivity contribution in [3.63, 3.8) is 0 Å². The van der Waals surface area contributed by atoms with Crippen LogP contribution in [0.5, 0.6) is 11.5 Å². The maximum atomic E-state index is 15.8. The highest BCUT2D eigenvalue weighted by molar-refractivity contribution is 7.71. The van der Waals surface area contributed by atoms with Crippen LogP contribution in [0.4, 0.5) is 17.6 Å². The molecule has 12 heteroatoms. The van der Waals surface area contributed by atoms with Gasteiger partial charge in [-0.05, 0) is 60.7 Å². The minimum Gasteiger partial charge on any atom is -0.456 e. The summed E-state index contributed by atoms with van der Waals surface area (Å²) < 4.78 is 65.0. The molecule has 34 heavy (non-hydrogen) atoms. The van der Waals surface area contributed by atoms with Gasteiger partial charge in [0, 0.05) is 11.6 Å². The van der Waals surface area contributed by atoms with E-state index in [1.165, 1.54) is 30.3 Å². The number of ether oxygens (including phenoxy) is 1. The van der Waals surface area contributed by atoms with Crippen molar-refractivity contribution in [2.75, 3.05) is 0 Å². The fraction of sp³-hybridized carbons (Fsp3) is 0.0909. The molecule has 0 aliphatic rings. The molecule has 0 spiro atoms. The minimum absolute atomic E-state index is 0.0807. The van der Waals surface area contributed by atoms with Crippen molar-refractivity contribution < 1.29 is 27.4 Å². The average Bonchev–Trinajstić information content (AvgIpc) is 3.25. The summed E-state index contributed by atoms with van der Waals surface area (Å²) >= 11 is 4.93. The van der Waals surface area contributed by atoms with Crippen LogP contribution < -0.4 is 4.74 Å². The molecule has 1 atom stereocenters. The molecule has 0 amide bonds. The molecule has 0 saturated carbocycles. The lowest BCUT2D eigenvalue weighted by Gasteiger charge is -2.35. The lowest BCUT2D eigenvalue weighted by molar-refractivity contribution is -0.221. The van der Waals surface area contributed by atoms with E-state index in [-0.39, 0.29) is 5.75 Å². The Morgan fingerprint density at radius 3 is 2.32 bits per heavy atom. The summed E-state index contributed by atoms with van der Waals surface area (Å²) in [4.78, 5) is 6.05. The third-order valence-corrected chi connectivity index (χ3v) is 5.17. The first-order valence-electron chi connectivity index (χ1n) is 9.50. The number of hydrogen-bond acceptors (Lipinski definition) is 6. The standard InChI is InChI=1S/C22H13F4N5O2S/c23-14-3-7-17(18(24)9-14)22(32,31-20(34)29-12-30-31)21(25,26)19-8-6-16(11-28-19)33-15-4-1-13(10-27)2-5-15/h1-9,11-12,32H,(H,29,30,34). The summed E-state index contributed by atoms with van der Waals surface area (Å²) in [6.07, 6.45) is 1.92. The maximum Gasteiger partial charge on any atom is 0.342 e. The van der Waals surface area contributed by atoms with Crippen molar-refractivity contribution in [1.82, 2.24) is 19.7 Å². The molecule has 2 N–H and O–H groups in total. The number of aromatic amines is 1. The van der Waals surface area contributed by atoms with Crippen molar-refractivity contribution in [3.05, 3.63) is 100 Å². The summed E-state index contributed by atoms with van der Waals surface area (Å²) in [7, 11) is 0. The van der Waals surface area contributed by atoms with Crippen molar-refractivity contribution in [1.29, 1.82) is 5.26 Å². The lowest BCUT2D eigenvalue weighted by Crippen LogP contribution is -2.51. The molecular formula is C22H13F4N5O2S. The van der Waals surface area contributed by atoms with Gasteiger partial charge in [-0.15, -0.1) is 0 Å². The molecule has 0 saturated heterocycles. The predicted octanol–water partition coefficient (Wildman–Crippen LogP) is 4.76. The third-order valence-electron chi connectivity index (χ3n) is 4.88. The van der Waals surface area contributed by atoms with Gasteiger partial charge in [0.15, 0.2) is 4.77 Å². The number of H-pyrrole nitrogens is 1. The van der Waals surface area contributed by atoms with Crippen LogP contribution in [0.1, 0.15) is 16.8 Å². The second kappa shape index (κ2) is 8.69. The normalized spacial score (nSPS) is 13.2. The second-order valence-corrected chi connectivity index (χ2v) is 7.38. The zero-order chi connectivity index (χ0) is 24.5. The summed E-state index contributed by atoms with van der Waals surface area (Å²) in [6.45, 7) is 0. The SMILES string of the molecule is N#Cc1ccc(Oc2ccc(C(F)(F)C(O)(c3ccc(F)cc3F)n3nc[nH]c3=S)nc2)cc1. The smallest absolute Gasteiger partial charge is 0.342 e. The Morgan fingerprint density at radius 2 is 1.76 bits per heavy atom. The third kappa shape index (κ3) is 3.91. The van der Waals surface area contributed by atoms with Crippen molar-refractivity contribution >= 4 is 12.2 Å². The quantitative estimate of drug-likeness (QED) is 0.301. The first-order chi connectivity index (χ1) is 16.2. The fourth-order valence-corrected chi connectivity index (χ4v) is 3.44. The maximum absolute atomic E-state index is 15.8. The van der Waals surface area contributed by atoms with Gasteiger partial charge in [-0.2, -0.15) is 23.8 Å². The molecular weight excluding hydrogens is 474 g/mol. The van der Waals surface area contributed by atoms with Gasteiger partial charge in [-0.3, -0.25) is 4.98 Å². The number of nitriles is 1. The molecule has 7 nitrogen and oxygen atoms in total. The first-order valence-corrected chi connectivity index (χ1v) is 9.91. The lowest BCUT2D eigenvalue weighted by atomic mass is 9.92. The van der Waals surface area contributed by atoms with Crippen LogP contribution in [-0.2, 0) is 11.6 Å². The van der Waals surface area contributed by atoms with Crippen LogP contribution in [0.2, 0.25) is 0 Å². The van der Waals surface area contributed by atoms with Crippen molar-refractivity contribution in [2.45, 2.75) is 11.6 Å². The van der Waals surface area contributed by atoms with Crippen LogP contribution >= 0.6 is 12.2 Å². The van der Waals surface area contributed by atoms with Gasteiger partial charge < -0.3 is 14.8 Å². The number of alkyl halides is 2. The van der Waals surface area contributed by atoms with E-state index in [0.717, 1.165) is 24.7 Å². The minimum atomic E-state index is -4.30. The number of aromatic nitrogens is 4. The van der Waals surface area contributed by atoms with Gasteiger partial charge in [-0.1, -0.05) is 0 Å². The monoisotopic (exact) mass is 487 g/mol. The number of rotatable bonds is 6. The molecule has 0 bridgehead atoms. The van der Waals surface area contributed by atoms with Crippen LogP contribution in [-0.4, -0.2) is 24.9 Å². The van der Waals surface area contributed by atoms with Gasteiger partial charge in [0.05, 0.1) is 17.8 Å². The second-order valence-electron chi connectivity index (χ2n) is 6.99. The molecule has 1 unspecified atom stereocenters. The van der Waals surface area contributed by atoms with E-state index in [2.05, 4.69) is 15.1 Å². The van der Waals surface area contributed by atoms with Crippen LogP contribution in [0.15, 0.2) is 67.1 Å². The molecule has 0 radical (unpaired) electrons. The molecule has 4 aromatic rings. The Labute approximate surface area is 194 Å².